The number of esters is 1. The number of nitrogens with zero attached hydrogens (tertiary/aromatic N) is 2. The minimum Gasteiger partial charge on any atom is -0.461 e. The second kappa shape index (κ2) is 8.30. The van der Waals surface area contributed by atoms with E-state index in [1.165, 1.54) is 6.92 Å². The van der Waals surface area contributed by atoms with E-state index in [4.69, 9.17) is 27.9 Å². The van der Waals surface area contributed by atoms with Gasteiger partial charge in [-0.3, -0.25) is 9.59 Å². The lowest BCUT2D eigenvalue weighted by molar-refractivity contribution is -0.115. The topological polar surface area (TPSA) is 90.3 Å². The number of alkyl halides is 1. The van der Waals surface area contributed by atoms with E-state index in [1.54, 1.807) is 36.6 Å². The third kappa shape index (κ3) is 3.89. The van der Waals surface area contributed by atoms with Crippen LogP contribution in [0, 0.1) is 0 Å². The van der Waals surface area contributed by atoms with Crippen LogP contribution in [-0.2, 0) is 9.53 Å². The van der Waals surface area contributed by atoms with Crippen molar-refractivity contribution in [3.63, 3.8) is 0 Å². The van der Waals surface area contributed by atoms with E-state index in [-0.39, 0.29) is 22.7 Å². The first kappa shape index (κ1) is 20.3. The highest BCUT2D eigenvalue weighted by Gasteiger charge is 2.23. The van der Waals surface area contributed by atoms with Crippen LogP contribution in [0.5, 0.6) is 0 Å². The predicted molar refractivity (Wildman–Crippen MR) is 110 cm³/mol. The molecule has 3 rings (SSSR count). The largest absolute Gasteiger partial charge is 0.461 e. The van der Waals surface area contributed by atoms with Gasteiger partial charge in [-0.25, -0.2) is 4.79 Å². The van der Waals surface area contributed by atoms with E-state index in [0.717, 1.165) is 16.0 Å². The maximum atomic E-state index is 13.1. The Balaban J connectivity index is 2.27. The van der Waals surface area contributed by atoms with Gasteiger partial charge in [0.05, 0.1) is 17.7 Å². The van der Waals surface area contributed by atoms with Crippen LogP contribution in [0.25, 0.3) is 16.5 Å². The Labute approximate surface area is 173 Å². The van der Waals surface area contributed by atoms with Crippen LogP contribution in [0.3, 0.4) is 0 Å². The molecule has 0 aliphatic rings. The van der Waals surface area contributed by atoms with E-state index in [2.05, 4.69) is 10.4 Å². The van der Waals surface area contributed by atoms with Crippen molar-refractivity contribution < 1.29 is 14.3 Å². The SMILES string of the molecule is CCOC(=O)c1nn(-c2ccc(Cl)cc2)c(=O)c2c(NC(=O)[C@H](C)Cl)scc12. The number of carbonyl (C=O) groups excluding carboxylic acids is 2. The first-order valence-corrected chi connectivity index (χ1v) is 9.95. The number of anilines is 1. The summed E-state index contributed by atoms with van der Waals surface area (Å²) in [6.07, 6.45) is 0. The second-order valence-corrected chi connectivity index (χ2v) is 7.69. The van der Waals surface area contributed by atoms with Crippen molar-refractivity contribution in [3.05, 3.63) is 50.7 Å². The summed E-state index contributed by atoms with van der Waals surface area (Å²) in [7, 11) is 0. The van der Waals surface area contributed by atoms with Crippen molar-refractivity contribution in [1.29, 1.82) is 0 Å². The number of fused-ring (bicyclic) bond motifs is 1. The number of benzene rings is 1. The lowest BCUT2D eigenvalue weighted by atomic mass is 10.2. The summed E-state index contributed by atoms with van der Waals surface area (Å²) < 4.78 is 6.15. The standard InChI is InChI=1S/C18H15Cl2N3O4S/c1-3-27-18(26)14-12-8-28-16(21-15(24)9(2)19)13(12)17(25)23(22-14)11-6-4-10(20)5-7-11/h4-9H,3H2,1-2H3,(H,21,24)/t9-/m0/s1. The van der Waals surface area contributed by atoms with Crippen molar-refractivity contribution >= 4 is 62.2 Å². The fraction of sp³-hybridized carbons (Fsp3) is 0.222. The van der Waals surface area contributed by atoms with E-state index >= 15 is 0 Å². The number of halogens is 2. The molecule has 7 nitrogen and oxygen atoms in total. The Hall–Kier alpha value is -2.42. The molecule has 0 aliphatic heterocycles. The van der Waals surface area contributed by atoms with Gasteiger partial charge in [-0.2, -0.15) is 9.78 Å². The number of carbonyl (C=O) groups is 2. The third-order valence-corrected chi connectivity index (χ3v) is 5.14. The zero-order valence-electron chi connectivity index (χ0n) is 14.9. The van der Waals surface area contributed by atoms with E-state index in [0.29, 0.717) is 16.1 Å². The van der Waals surface area contributed by atoms with Crippen molar-refractivity contribution in [1.82, 2.24) is 9.78 Å². The van der Waals surface area contributed by atoms with Gasteiger partial charge in [-0.05, 0) is 38.1 Å². The van der Waals surface area contributed by atoms with Gasteiger partial charge in [-0.1, -0.05) is 11.6 Å². The maximum Gasteiger partial charge on any atom is 0.359 e. The van der Waals surface area contributed by atoms with E-state index in [1.807, 2.05) is 0 Å². The van der Waals surface area contributed by atoms with Gasteiger partial charge in [0.2, 0.25) is 5.91 Å². The van der Waals surface area contributed by atoms with Gasteiger partial charge in [0.1, 0.15) is 10.4 Å². The molecule has 0 spiro atoms. The first-order chi connectivity index (χ1) is 13.3. The summed E-state index contributed by atoms with van der Waals surface area (Å²) in [6, 6.07) is 6.40. The Morgan fingerprint density at radius 3 is 2.61 bits per heavy atom. The molecule has 0 saturated carbocycles. The van der Waals surface area contributed by atoms with Gasteiger partial charge in [-0.15, -0.1) is 22.9 Å². The molecule has 146 valence electrons. The zero-order chi connectivity index (χ0) is 20.4. The number of thiophene rings is 1. The highest BCUT2D eigenvalue weighted by Crippen LogP contribution is 2.31. The highest BCUT2D eigenvalue weighted by atomic mass is 35.5. The van der Waals surface area contributed by atoms with Crippen LogP contribution >= 0.6 is 34.5 Å². The Bertz CT molecular complexity index is 1110. The summed E-state index contributed by atoms with van der Waals surface area (Å²) in [5.41, 5.74) is -0.109. The van der Waals surface area contributed by atoms with Crippen molar-refractivity contribution in [2.45, 2.75) is 19.2 Å². The molecule has 2 aromatic heterocycles. The number of hydrogen-bond donors (Lipinski definition) is 1. The van der Waals surface area contributed by atoms with Gasteiger partial charge in [0, 0.05) is 15.8 Å². The minimum atomic E-state index is -0.790. The van der Waals surface area contributed by atoms with Crippen LogP contribution < -0.4 is 10.9 Å². The zero-order valence-corrected chi connectivity index (χ0v) is 17.2. The molecule has 0 radical (unpaired) electrons. The van der Waals surface area contributed by atoms with Gasteiger partial charge in [0.25, 0.3) is 5.56 Å². The lowest BCUT2D eigenvalue weighted by Gasteiger charge is -2.10. The summed E-state index contributed by atoms with van der Waals surface area (Å²) in [5.74, 6) is -1.13. The molecule has 1 atom stereocenters. The lowest BCUT2D eigenvalue weighted by Crippen LogP contribution is -2.26. The first-order valence-electron chi connectivity index (χ1n) is 8.26. The molecular weight excluding hydrogens is 425 g/mol. The number of nitrogens with one attached hydrogen (secondary N) is 1. The summed E-state index contributed by atoms with van der Waals surface area (Å²) >= 11 is 12.8. The maximum absolute atomic E-state index is 13.1. The van der Waals surface area contributed by atoms with Gasteiger partial charge >= 0.3 is 5.97 Å². The van der Waals surface area contributed by atoms with Crippen molar-refractivity contribution in [2.75, 3.05) is 11.9 Å². The number of aromatic nitrogens is 2. The summed E-state index contributed by atoms with van der Waals surface area (Å²) in [5, 5.41) is 8.85. The Morgan fingerprint density at radius 2 is 2.00 bits per heavy atom. The normalized spacial score (nSPS) is 12.0. The number of hydrogen-bond acceptors (Lipinski definition) is 6. The van der Waals surface area contributed by atoms with Crippen LogP contribution in [0.1, 0.15) is 24.3 Å². The molecular formula is C18H15Cl2N3O4S. The molecule has 1 N–H and O–H groups in total. The van der Waals surface area contributed by atoms with Crippen molar-refractivity contribution in [2.24, 2.45) is 0 Å². The summed E-state index contributed by atoms with van der Waals surface area (Å²) in [4.78, 5) is 37.6. The smallest absolute Gasteiger partial charge is 0.359 e. The minimum absolute atomic E-state index is 0.0259. The molecule has 1 aromatic carbocycles. The van der Waals surface area contributed by atoms with E-state index < -0.39 is 22.8 Å². The molecule has 3 aromatic rings. The molecule has 0 saturated heterocycles. The number of rotatable bonds is 5. The molecule has 0 unspecified atom stereocenters. The molecule has 28 heavy (non-hydrogen) atoms. The summed E-state index contributed by atoms with van der Waals surface area (Å²) in [6.45, 7) is 3.34. The molecule has 0 fully saturated rings. The Kier molecular flexibility index (Phi) is 6.02. The predicted octanol–water partition coefficient (Wildman–Crippen LogP) is 3.84. The molecule has 10 heteroatoms. The molecule has 2 heterocycles. The van der Waals surface area contributed by atoms with E-state index in [9.17, 15) is 14.4 Å². The van der Waals surface area contributed by atoms with Crippen LogP contribution in [-0.4, -0.2) is 33.6 Å². The fourth-order valence-corrected chi connectivity index (χ4v) is 3.58. The number of amides is 1. The highest BCUT2D eigenvalue weighted by molar-refractivity contribution is 7.16. The van der Waals surface area contributed by atoms with Crippen LogP contribution in [0.15, 0.2) is 34.4 Å². The molecule has 1 amide bonds. The van der Waals surface area contributed by atoms with Crippen LogP contribution in [0.4, 0.5) is 5.00 Å². The van der Waals surface area contributed by atoms with Crippen molar-refractivity contribution in [3.8, 4) is 5.69 Å². The molecule has 0 bridgehead atoms. The fourth-order valence-electron chi connectivity index (χ4n) is 2.46. The van der Waals surface area contributed by atoms with Crippen LogP contribution in [0.2, 0.25) is 5.02 Å². The third-order valence-electron chi connectivity index (χ3n) is 3.79. The average molecular weight is 440 g/mol. The second-order valence-electron chi connectivity index (χ2n) is 5.72. The van der Waals surface area contributed by atoms with Gasteiger partial charge < -0.3 is 10.1 Å². The number of ether oxygens (including phenoxy) is 1. The Morgan fingerprint density at radius 1 is 1.32 bits per heavy atom. The quantitative estimate of drug-likeness (QED) is 0.481. The molecule has 0 aliphatic carbocycles. The van der Waals surface area contributed by atoms with Gasteiger partial charge in [0.15, 0.2) is 5.69 Å². The monoisotopic (exact) mass is 439 g/mol. The average Bonchev–Trinajstić information content (AvgIpc) is 3.07.